The second kappa shape index (κ2) is 7.33. The zero-order valence-corrected chi connectivity index (χ0v) is 13.8. The maximum absolute atomic E-state index is 14.5. The topological polar surface area (TPSA) is 68.7 Å². The molecule has 8 heteroatoms. The van der Waals surface area contributed by atoms with Crippen LogP contribution in [0.3, 0.4) is 0 Å². The molecule has 0 bridgehead atoms. The SMILES string of the molecule is CC1OCCCC1Oc1cc(F)c(-c2nc(C(=O)O)ccc2F)c(F)c1. The van der Waals surface area contributed by atoms with E-state index < -0.39 is 40.4 Å². The van der Waals surface area contributed by atoms with E-state index in [1.54, 1.807) is 0 Å². The summed E-state index contributed by atoms with van der Waals surface area (Å²) in [6.07, 6.45) is 0.887. The van der Waals surface area contributed by atoms with Crippen molar-refractivity contribution in [1.82, 2.24) is 4.98 Å². The van der Waals surface area contributed by atoms with E-state index in [1.165, 1.54) is 0 Å². The van der Waals surface area contributed by atoms with Gasteiger partial charge in [0.05, 0.1) is 11.7 Å². The minimum Gasteiger partial charge on any atom is -0.488 e. The summed E-state index contributed by atoms with van der Waals surface area (Å²) in [5.41, 5.74) is -1.97. The monoisotopic (exact) mass is 367 g/mol. The molecule has 0 spiro atoms. The molecule has 1 fully saturated rings. The van der Waals surface area contributed by atoms with Crippen LogP contribution in [0, 0.1) is 17.5 Å². The van der Waals surface area contributed by atoms with Crippen LogP contribution in [0.1, 0.15) is 30.3 Å². The zero-order valence-electron chi connectivity index (χ0n) is 13.8. The standard InChI is InChI=1S/C18H16F3NO4/c1-9-15(3-2-6-25-9)26-10-7-12(20)16(13(21)8-10)17-11(19)4-5-14(22-17)18(23)24/h4-5,7-9,15H,2-3,6H2,1H3,(H,23,24). The van der Waals surface area contributed by atoms with Gasteiger partial charge in [-0.15, -0.1) is 0 Å². The Labute approximate surface area is 147 Å². The zero-order chi connectivity index (χ0) is 18.8. The number of pyridine rings is 1. The first-order valence-corrected chi connectivity index (χ1v) is 8.04. The second-order valence-electron chi connectivity index (χ2n) is 5.97. The molecule has 1 aromatic carbocycles. The minimum absolute atomic E-state index is 0.0547. The summed E-state index contributed by atoms with van der Waals surface area (Å²) in [4.78, 5) is 14.5. The molecular formula is C18H16F3NO4. The van der Waals surface area contributed by atoms with Crippen LogP contribution < -0.4 is 4.74 Å². The van der Waals surface area contributed by atoms with Crippen molar-refractivity contribution < 1.29 is 32.5 Å². The van der Waals surface area contributed by atoms with E-state index in [2.05, 4.69) is 4.98 Å². The van der Waals surface area contributed by atoms with Crippen molar-refractivity contribution in [2.75, 3.05) is 6.61 Å². The minimum atomic E-state index is -1.43. The van der Waals surface area contributed by atoms with Gasteiger partial charge in [0.15, 0.2) is 0 Å². The van der Waals surface area contributed by atoms with E-state index in [0.29, 0.717) is 13.0 Å². The number of halogens is 3. The summed E-state index contributed by atoms with van der Waals surface area (Å²) in [5.74, 6) is -4.72. The number of hydrogen-bond donors (Lipinski definition) is 1. The van der Waals surface area contributed by atoms with Gasteiger partial charge in [0.2, 0.25) is 0 Å². The van der Waals surface area contributed by atoms with E-state index in [4.69, 9.17) is 14.6 Å². The average molecular weight is 367 g/mol. The van der Waals surface area contributed by atoms with E-state index in [1.807, 2.05) is 6.92 Å². The van der Waals surface area contributed by atoms with E-state index in [9.17, 15) is 18.0 Å². The third-order valence-corrected chi connectivity index (χ3v) is 4.14. The molecule has 0 radical (unpaired) electrons. The maximum atomic E-state index is 14.5. The Kier molecular flexibility index (Phi) is 5.13. The smallest absolute Gasteiger partial charge is 0.354 e. The summed E-state index contributed by atoms with van der Waals surface area (Å²) in [7, 11) is 0. The van der Waals surface area contributed by atoms with Gasteiger partial charge in [-0.3, -0.25) is 0 Å². The first-order chi connectivity index (χ1) is 12.4. The molecule has 2 heterocycles. The Morgan fingerprint density at radius 2 is 1.92 bits per heavy atom. The van der Waals surface area contributed by atoms with Crippen molar-refractivity contribution >= 4 is 5.97 Å². The molecule has 1 aromatic heterocycles. The van der Waals surface area contributed by atoms with Gasteiger partial charge in [-0.25, -0.2) is 22.9 Å². The fraction of sp³-hybridized carbons (Fsp3) is 0.333. The molecule has 2 unspecified atom stereocenters. The lowest BCUT2D eigenvalue weighted by Gasteiger charge is -2.29. The van der Waals surface area contributed by atoms with Gasteiger partial charge >= 0.3 is 5.97 Å². The molecule has 1 aliphatic heterocycles. The van der Waals surface area contributed by atoms with Gasteiger partial charge in [-0.05, 0) is 31.9 Å². The number of rotatable bonds is 4. The van der Waals surface area contributed by atoms with Crippen LogP contribution in [0.5, 0.6) is 5.75 Å². The number of carboxylic acids is 1. The van der Waals surface area contributed by atoms with Crippen LogP contribution in [0.4, 0.5) is 13.2 Å². The molecule has 0 aliphatic carbocycles. The molecule has 1 saturated heterocycles. The molecule has 1 aliphatic rings. The summed E-state index contributed by atoms with van der Waals surface area (Å²) in [6, 6.07) is 3.57. The fourth-order valence-corrected chi connectivity index (χ4v) is 2.81. The molecule has 0 amide bonds. The highest BCUT2D eigenvalue weighted by Gasteiger charge is 2.26. The summed E-state index contributed by atoms with van der Waals surface area (Å²) in [6.45, 7) is 2.41. The predicted molar refractivity (Wildman–Crippen MR) is 85.6 cm³/mol. The Morgan fingerprint density at radius 1 is 1.23 bits per heavy atom. The number of aromatic nitrogens is 1. The van der Waals surface area contributed by atoms with Gasteiger partial charge in [-0.1, -0.05) is 0 Å². The van der Waals surface area contributed by atoms with Crippen molar-refractivity contribution in [1.29, 1.82) is 0 Å². The fourth-order valence-electron chi connectivity index (χ4n) is 2.81. The van der Waals surface area contributed by atoms with Crippen molar-refractivity contribution in [2.24, 2.45) is 0 Å². The lowest BCUT2D eigenvalue weighted by atomic mass is 10.1. The Morgan fingerprint density at radius 3 is 2.54 bits per heavy atom. The Bertz CT molecular complexity index is 820. The molecule has 2 aromatic rings. The number of nitrogens with zero attached hydrogens (tertiary/aromatic N) is 1. The molecule has 2 atom stereocenters. The van der Waals surface area contributed by atoms with Gasteiger partial charge in [0, 0.05) is 18.7 Å². The Balaban J connectivity index is 1.95. The first kappa shape index (κ1) is 18.2. The van der Waals surface area contributed by atoms with Crippen molar-refractivity contribution in [3.63, 3.8) is 0 Å². The highest BCUT2D eigenvalue weighted by atomic mass is 19.1. The maximum Gasteiger partial charge on any atom is 0.354 e. The van der Waals surface area contributed by atoms with E-state index in [0.717, 1.165) is 30.7 Å². The van der Waals surface area contributed by atoms with Crippen LogP contribution in [0.15, 0.2) is 24.3 Å². The van der Waals surface area contributed by atoms with Crippen molar-refractivity contribution in [3.8, 4) is 17.0 Å². The molecule has 0 saturated carbocycles. The summed E-state index contributed by atoms with van der Waals surface area (Å²) >= 11 is 0. The highest BCUT2D eigenvalue weighted by molar-refractivity contribution is 5.86. The number of carbonyl (C=O) groups is 1. The highest BCUT2D eigenvalue weighted by Crippen LogP contribution is 2.32. The molecule has 26 heavy (non-hydrogen) atoms. The summed E-state index contributed by atoms with van der Waals surface area (Å²) < 4.78 is 53.9. The number of benzene rings is 1. The number of aromatic carboxylic acids is 1. The largest absolute Gasteiger partial charge is 0.488 e. The van der Waals surface area contributed by atoms with E-state index in [-0.39, 0.29) is 18.0 Å². The normalized spacial score (nSPS) is 20.0. The number of carboxylic acid groups (broad SMARTS) is 1. The van der Waals surface area contributed by atoms with Gasteiger partial charge in [0.25, 0.3) is 0 Å². The molecule has 1 N–H and O–H groups in total. The van der Waals surface area contributed by atoms with Gasteiger partial charge < -0.3 is 14.6 Å². The summed E-state index contributed by atoms with van der Waals surface area (Å²) in [5, 5.41) is 8.93. The third-order valence-electron chi connectivity index (χ3n) is 4.14. The van der Waals surface area contributed by atoms with Crippen LogP contribution in [0.25, 0.3) is 11.3 Å². The van der Waals surface area contributed by atoms with Gasteiger partial charge in [0.1, 0.15) is 40.7 Å². The van der Waals surface area contributed by atoms with Crippen LogP contribution in [-0.4, -0.2) is 34.9 Å². The second-order valence-corrected chi connectivity index (χ2v) is 5.97. The molecule has 138 valence electrons. The molecule has 3 rings (SSSR count). The quantitative estimate of drug-likeness (QED) is 0.890. The molecule has 5 nitrogen and oxygen atoms in total. The Hall–Kier alpha value is -2.61. The number of ether oxygens (including phenoxy) is 2. The van der Waals surface area contributed by atoms with Crippen molar-refractivity contribution in [2.45, 2.75) is 32.0 Å². The van der Waals surface area contributed by atoms with Crippen LogP contribution in [0.2, 0.25) is 0 Å². The number of hydrogen-bond acceptors (Lipinski definition) is 4. The first-order valence-electron chi connectivity index (χ1n) is 8.04. The third kappa shape index (κ3) is 3.65. The predicted octanol–water partition coefficient (Wildman–Crippen LogP) is 3.81. The van der Waals surface area contributed by atoms with E-state index >= 15 is 0 Å². The molecular weight excluding hydrogens is 351 g/mol. The lowest BCUT2D eigenvalue weighted by molar-refractivity contribution is -0.0521. The van der Waals surface area contributed by atoms with Crippen molar-refractivity contribution in [3.05, 3.63) is 47.4 Å². The lowest BCUT2D eigenvalue weighted by Crippen LogP contribution is -2.36. The van der Waals surface area contributed by atoms with Crippen LogP contribution in [-0.2, 0) is 4.74 Å². The average Bonchev–Trinajstić information content (AvgIpc) is 2.58. The van der Waals surface area contributed by atoms with Gasteiger partial charge in [-0.2, -0.15) is 0 Å². The van der Waals surface area contributed by atoms with Crippen LogP contribution >= 0.6 is 0 Å².